The number of thiol groups is 1. The van der Waals surface area contributed by atoms with Gasteiger partial charge in [0.25, 0.3) is 0 Å². The van der Waals surface area contributed by atoms with Crippen LogP contribution in [-0.2, 0) is 4.79 Å². The predicted octanol–water partition coefficient (Wildman–Crippen LogP) is 3.01. The SMILES string of the molecule is CC(C)CCCCCC(S)C(=O)[O-].[CH3][Sn+]([CH3])[CH3]. The van der Waals surface area contributed by atoms with Gasteiger partial charge in [0.2, 0.25) is 0 Å². The molecule has 0 aliphatic heterocycles. The Kier molecular flexibility index (Phi) is 15.3. The van der Waals surface area contributed by atoms with Crippen molar-refractivity contribution in [3.63, 3.8) is 0 Å². The van der Waals surface area contributed by atoms with Crippen molar-refractivity contribution in [1.29, 1.82) is 0 Å². The number of hydrogen-bond donors (Lipinski definition) is 1. The van der Waals surface area contributed by atoms with Crippen LogP contribution in [0.25, 0.3) is 0 Å². The van der Waals surface area contributed by atoms with E-state index in [0.717, 1.165) is 18.8 Å². The van der Waals surface area contributed by atoms with Gasteiger partial charge in [0, 0.05) is 5.25 Å². The van der Waals surface area contributed by atoms with E-state index in [0.29, 0.717) is 6.42 Å². The third-order valence-corrected chi connectivity index (χ3v) is 2.50. The van der Waals surface area contributed by atoms with Crippen LogP contribution in [0.2, 0.25) is 14.8 Å². The first-order valence-corrected chi connectivity index (χ1v) is 15.5. The van der Waals surface area contributed by atoms with Crippen LogP contribution in [0.1, 0.15) is 46.0 Å². The summed E-state index contributed by atoms with van der Waals surface area (Å²) in [5, 5.41) is 9.70. The summed E-state index contributed by atoms with van der Waals surface area (Å²) >= 11 is 3.36. The summed E-state index contributed by atoms with van der Waals surface area (Å²) in [7, 11) is 0. The van der Waals surface area contributed by atoms with E-state index in [4.69, 9.17) is 0 Å². The maximum absolute atomic E-state index is 10.3. The summed E-state index contributed by atoms with van der Waals surface area (Å²) < 4.78 is 0. The molecule has 1 unspecified atom stereocenters. The molecule has 0 spiro atoms. The number of rotatable bonds is 7. The number of aliphatic carboxylic acids is 1. The zero-order valence-corrected chi connectivity index (χ0v) is 15.7. The molecule has 1 atom stereocenters. The van der Waals surface area contributed by atoms with E-state index in [-0.39, 0.29) is 0 Å². The second-order valence-corrected chi connectivity index (χ2v) is 14.6. The molecule has 2 nitrogen and oxygen atoms in total. The van der Waals surface area contributed by atoms with Crippen LogP contribution in [0.4, 0.5) is 0 Å². The van der Waals surface area contributed by atoms with Crippen molar-refractivity contribution in [2.45, 2.75) is 66.0 Å². The van der Waals surface area contributed by atoms with Crippen LogP contribution < -0.4 is 5.11 Å². The molecule has 0 aromatic heterocycles. The summed E-state index contributed by atoms with van der Waals surface area (Å²) in [5.41, 5.74) is 0. The molecule has 17 heavy (non-hydrogen) atoms. The molecule has 0 N–H and O–H groups in total. The number of hydrogen-bond acceptors (Lipinski definition) is 3. The van der Waals surface area contributed by atoms with Crippen molar-refractivity contribution in [2.75, 3.05) is 0 Å². The monoisotopic (exact) mass is 368 g/mol. The van der Waals surface area contributed by atoms with E-state index in [1.54, 1.807) is 0 Å². The predicted molar refractivity (Wildman–Crippen MR) is 79.1 cm³/mol. The Morgan fingerprint density at radius 1 is 1.12 bits per heavy atom. The van der Waals surface area contributed by atoms with Gasteiger partial charge in [-0.15, -0.1) is 0 Å². The average molecular weight is 367 g/mol. The average Bonchev–Trinajstić information content (AvgIpc) is 2.15. The number of carbonyl (C=O) groups excluding carboxylic acids is 1. The first-order valence-electron chi connectivity index (χ1n) is 6.43. The molecule has 4 heteroatoms. The molecule has 0 saturated carbocycles. The second-order valence-electron chi connectivity index (χ2n) is 5.37. The Morgan fingerprint density at radius 3 is 1.88 bits per heavy atom. The van der Waals surface area contributed by atoms with Gasteiger partial charge in [-0.3, -0.25) is 0 Å². The van der Waals surface area contributed by atoms with E-state index in [1.165, 1.54) is 12.8 Å². The van der Waals surface area contributed by atoms with Gasteiger partial charge in [0.1, 0.15) is 0 Å². The van der Waals surface area contributed by atoms with Crippen LogP contribution in [-0.4, -0.2) is 31.0 Å². The minimum absolute atomic E-state index is 0.543. The van der Waals surface area contributed by atoms with Gasteiger partial charge in [0.15, 0.2) is 0 Å². The van der Waals surface area contributed by atoms with Crippen molar-refractivity contribution in [3.8, 4) is 0 Å². The van der Waals surface area contributed by atoms with E-state index in [9.17, 15) is 9.90 Å². The van der Waals surface area contributed by atoms with Gasteiger partial charge in [-0.25, -0.2) is 0 Å². The third-order valence-electron chi connectivity index (χ3n) is 2.03. The van der Waals surface area contributed by atoms with Crippen molar-refractivity contribution in [3.05, 3.63) is 0 Å². The third kappa shape index (κ3) is 22.3. The fourth-order valence-electron chi connectivity index (χ4n) is 1.18. The second kappa shape index (κ2) is 13.1. The molecule has 0 rings (SSSR count). The van der Waals surface area contributed by atoms with E-state index in [2.05, 4.69) is 41.3 Å². The molecule has 0 heterocycles. The summed E-state index contributed by atoms with van der Waals surface area (Å²) in [6.45, 7) is 4.39. The first kappa shape index (κ1) is 19.9. The first-order chi connectivity index (χ1) is 7.77. The van der Waals surface area contributed by atoms with Gasteiger partial charge >= 0.3 is 34.6 Å². The molecular formula is C13H28O2SSn. The van der Waals surface area contributed by atoms with Gasteiger partial charge in [-0.2, -0.15) is 12.6 Å². The molecule has 0 amide bonds. The zero-order valence-electron chi connectivity index (χ0n) is 12.0. The minimum atomic E-state index is -1.05. The van der Waals surface area contributed by atoms with E-state index in [1.807, 2.05) is 0 Å². The topological polar surface area (TPSA) is 40.1 Å². The summed E-state index contributed by atoms with van der Waals surface area (Å²) in [4.78, 5) is 17.4. The summed E-state index contributed by atoms with van der Waals surface area (Å²) in [6.07, 6.45) is 5.08. The quantitative estimate of drug-likeness (QED) is 0.427. The van der Waals surface area contributed by atoms with Crippen molar-refractivity contribution >= 4 is 38.4 Å². The van der Waals surface area contributed by atoms with E-state index < -0.39 is 31.0 Å². The van der Waals surface area contributed by atoms with Crippen molar-refractivity contribution < 1.29 is 9.90 Å². The van der Waals surface area contributed by atoms with Crippen molar-refractivity contribution in [2.24, 2.45) is 5.92 Å². The molecular weight excluding hydrogens is 339 g/mol. The van der Waals surface area contributed by atoms with Crippen LogP contribution in [0.3, 0.4) is 0 Å². The number of carbonyl (C=O) groups is 1. The molecule has 0 radical (unpaired) electrons. The Labute approximate surface area is 120 Å². The van der Waals surface area contributed by atoms with Gasteiger partial charge < -0.3 is 9.90 Å². The fraction of sp³-hybridized carbons (Fsp3) is 0.923. The molecule has 0 aliphatic carbocycles. The molecule has 102 valence electrons. The molecule has 0 aromatic carbocycles. The van der Waals surface area contributed by atoms with Crippen molar-refractivity contribution in [1.82, 2.24) is 0 Å². The Bertz CT molecular complexity index is 182. The van der Waals surface area contributed by atoms with Crippen LogP contribution in [0.5, 0.6) is 0 Å². The molecule has 0 aromatic rings. The summed E-state index contributed by atoms with van der Waals surface area (Å²) in [6, 6.07) is 0. The normalized spacial score (nSPS) is 11.7. The van der Waals surface area contributed by atoms with Crippen LogP contribution in [0, 0.1) is 5.92 Å². The number of unbranched alkanes of at least 4 members (excludes halogenated alkanes) is 2. The Morgan fingerprint density at radius 2 is 1.53 bits per heavy atom. The fourth-order valence-corrected chi connectivity index (χ4v) is 1.37. The van der Waals surface area contributed by atoms with Gasteiger partial charge in [-0.05, 0) is 12.3 Å². The number of carboxylic acid groups (broad SMARTS) is 1. The molecule has 0 bridgehead atoms. The summed E-state index contributed by atoms with van der Waals surface area (Å²) in [5.74, 6) is -0.305. The van der Waals surface area contributed by atoms with E-state index >= 15 is 0 Å². The number of carboxylic acids is 1. The molecule has 0 aliphatic rings. The zero-order chi connectivity index (χ0) is 13.8. The van der Waals surface area contributed by atoms with Crippen LogP contribution >= 0.6 is 12.6 Å². The standard InChI is InChI=1S/C10H20O2S.3CH3.Sn/c1-8(2)6-4-3-5-7-9(13)10(11)12;;;;/h8-9,13H,3-7H2,1-2H3,(H,11,12);3*1H3;/q;;;;+1/p-1. The molecule has 0 saturated heterocycles. The van der Waals surface area contributed by atoms with Gasteiger partial charge in [-0.1, -0.05) is 39.5 Å². The Balaban J connectivity index is 0. The van der Waals surface area contributed by atoms with Gasteiger partial charge in [0.05, 0.1) is 5.97 Å². The van der Waals surface area contributed by atoms with Crippen LogP contribution in [0.15, 0.2) is 0 Å². The Hall–Kier alpha value is 0.619. The maximum atomic E-state index is 10.3. The molecule has 0 fully saturated rings.